The third-order valence-corrected chi connectivity index (χ3v) is 5.78. The molecule has 21 heavy (non-hydrogen) atoms. The molecule has 2 aliphatic rings. The van der Waals surface area contributed by atoms with E-state index >= 15 is 0 Å². The van der Waals surface area contributed by atoms with Crippen molar-refractivity contribution >= 4 is 42.0 Å². The molecule has 2 amide bonds. The van der Waals surface area contributed by atoms with Crippen LogP contribution in [0, 0.1) is 11.8 Å². The van der Waals surface area contributed by atoms with E-state index in [1.807, 2.05) is 13.2 Å². The normalized spacial score (nSPS) is 31.6. The molecule has 1 heterocycles. The first kappa shape index (κ1) is 16.9. The van der Waals surface area contributed by atoms with E-state index in [1.165, 1.54) is 16.7 Å². The van der Waals surface area contributed by atoms with Gasteiger partial charge in [-0.25, -0.2) is 0 Å². The topological polar surface area (TPSA) is 54.5 Å². The van der Waals surface area contributed by atoms with E-state index in [-0.39, 0.29) is 34.0 Å². The zero-order chi connectivity index (χ0) is 15.6. The minimum absolute atomic E-state index is 0.0327. The van der Waals surface area contributed by atoms with E-state index in [0.717, 1.165) is 25.7 Å². The van der Waals surface area contributed by atoms with Crippen LogP contribution in [-0.2, 0) is 14.4 Å². The zero-order valence-corrected chi connectivity index (χ0v) is 14.3. The van der Waals surface area contributed by atoms with Gasteiger partial charge in [-0.05, 0) is 44.8 Å². The largest absolute Gasteiger partial charge is 0.298 e. The Morgan fingerprint density at radius 1 is 1.33 bits per heavy atom. The Hall–Kier alpha value is -0.490. The van der Waals surface area contributed by atoms with Gasteiger partial charge in [-0.15, -0.1) is 0 Å². The van der Waals surface area contributed by atoms with Crippen molar-refractivity contribution in [2.75, 3.05) is 12.8 Å². The first-order valence-corrected chi connectivity index (χ1v) is 9.33. The Bertz CT molecular complexity index is 431. The number of thiol groups is 1. The molecule has 1 saturated carbocycles. The standard InChI is InChI=1S/C15H23NO3S2/c1-9(20)14(18)11-5-3-10(4-6-11)8-16-13(17)7-12(21-2)15(16)19/h9-12,20H,3-8H2,1-2H3. The molecular formula is C15H23NO3S2. The molecule has 1 aliphatic heterocycles. The number of hydrogen-bond acceptors (Lipinski definition) is 5. The second kappa shape index (κ2) is 7.18. The Morgan fingerprint density at radius 3 is 2.43 bits per heavy atom. The van der Waals surface area contributed by atoms with Crippen LogP contribution in [0.2, 0.25) is 0 Å². The molecule has 0 bridgehead atoms. The number of carbonyl (C=O) groups is 3. The summed E-state index contributed by atoms with van der Waals surface area (Å²) in [5, 5.41) is -0.393. The van der Waals surface area contributed by atoms with E-state index in [9.17, 15) is 14.4 Å². The predicted octanol–water partition coefficient (Wildman–Crippen LogP) is 2.17. The van der Waals surface area contributed by atoms with Gasteiger partial charge < -0.3 is 0 Å². The summed E-state index contributed by atoms with van der Waals surface area (Å²) >= 11 is 5.67. The minimum atomic E-state index is -0.198. The molecule has 4 nitrogen and oxygen atoms in total. The van der Waals surface area contributed by atoms with Gasteiger partial charge in [0.1, 0.15) is 5.78 Å². The summed E-state index contributed by atoms with van der Waals surface area (Å²) < 4.78 is 0. The van der Waals surface area contributed by atoms with E-state index in [0.29, 0.717) is 18.9 Å². The van der Waals surface area contributed by atoms with Crippen LogP contribution in [0.15, 0.2) is 0 Å². The van der Waals surface area contributed by atoms with Crippen LogP contribution < -0.4 is 0 Å². The highest BCUT2D eigenvalue weighted by molar-refractivity contribution is 8.00. The van der Waals surface area contributed by atoms with Crippen molar-refractivity contribution in [3.05, 3.63) is 0 Å². The number of hydrogen-bond donors (Lipinski definition) is 1. The Morgan fingerprint density at radius 2 is 1.95 bits per heavy atom. The molecule has 0 aromatic heterocycles. The Balaban J connectivity index is 1.85. The summed E-state index contributed by atoms with van der Waals surface area (Å²) in [7, 11) is 0. The van der Waals surface area contributed by atoms with E-state index in [2.05, 4.69) is 12.6 Å². The van der Waals surface area contributed by atoms with Crippen LogP contribution in [0.1, 0.15) is 39.0 Å². The highest BCUT2D eigenvalue weighted by atomic mass is 32.2. The number of rotatable bonds is 5. The summed E-state index contributed by atoms with van der Waals surface area (Å²) in [6, 6.07) is 0. The van der Waals surface area contributed by atoms with Crippen LogP contribution in [-0.4, -0.2) is 45.8 Å². The van der Waals surface area contributed by atoms with Crippen molar-refractivity contribution in [1.29, 1.82) is 0 Å². The number of imide groups is 1. The van der Waals surface area contributed by atoms with E-state index in [4.69, 9.17) is 0 Å². The van der Waals surface area contributed by atoms with Crippen LogP contribution in [0.3, 0.4) is 0 Å². The molecule has 2 atom stereocenters. The molecule has 6 heteroatoms. The number of Topliss-reactive ketones (excluding diaryl/α,β-unsaturated/α-hetero) is 1. The Labute approximate surface area is 135 Å². The van der Waals surface area contributed by atoms with Gasteiger partial charge >= 0.3 is 0 Å². The maximum absolute atomic E-state index is 12.1. The smallest absolute Gasteiger partial charge is 0.242 e. The van der Waals surface area contributed by atoms with Crippen molar-refractivity contribution in [3.63, 3.8) is 0 Å². The summed E-state index contributed by atoms with van der Waals surface area (Å²) in [6.45, 7) is 2.35. The lowest BCUT2D eigenvalue weighted by Gasteiger charge is -2.30. The summed E-state index contributed by atoms with van der Waals surface area (Å²) in [4.78, 5) is 37.4. The van der Waals surface area contributed by atoms with Crippen molar-refractivity contribution in [2.24, 2.45) is 11.8 Å². The zero-order valence-electron chi connectivity index (χ0n) is 12.6. The monoisotopic (exact) mass is 329 g/mol. The second-order valence-electron chi connectivity index (χ2n) is 6.07. The second-order valence-corrected chi connectivity index (χ2v) is 7.88. The molecule has 0 radical (unpaired) electrons. The quantitative estimate of drug-likeness (QED) is 0.620. The van der Waals surface area contributed by atoms with E-state index < -0.39 is 0 Å². The van der Waals surface area contributed by atoms with Crippen molar-refractivity contribution in [3.8, 4) is 0 Å². The summed E-state index contributed by atoms with van der Waals surface area (Å²) in [5.74, 6) is 0.610. The fourth-order valence-electron chi connectivity index (χ4n) is 3.26. The fourth-order valence-corrected chi connectivity index (χ4v) is 4.11. The third kappa shape index (κ3) is 3.83. The molecule has 0 spiro atoms. The molecule has 118 valence electrons. The molecule has 2 rings (SSSR count). The van der Waals surface area contributed by atoms with Crippen LogP contribution in [0.25, 0.3) is 0 Å². The van der Waals surface area contributed by atoms with E-state index in [1.54, 1.807) is 0 Å². The van der Waals surface area contributed by atoms with Crippen molar-refractivity contribution in [1.82, 2.24) is 4.90 Å². The summed E-state index contributed by atoms with van der Waals surface area (Å²) in [5.41, 5.74) is 0. The lowest BCUT2D eigenvalue weighted by atomic mass is 9.79. The molecule has 2 fully saturated rings. The number of thioether (sulfide) groups is 1. The summed E-state index contributed by atoms with van der Waals surface area (Å²) in [6.07, 6.45) is 5.75. The van der Waals surface area contributed by atoms with Gasteiger partial charge in [0, 0.05) is 18.9 Å². The lowest BCUT2D eigenvalue weighted by Crippen LogP contribution is -2.37. The highest BCUT2D eigenvalue weighted by Crippen LogP contribution is 2.33. The van der Waals surface area contributed by atoms with Gasteiger partial charge in [-0.3, -0.25) is 19.3 Å². The lowest BCUT2D eigenvalue weighted by molar-refractivity contribution is -0.139. The number of nitrogens with zero attached hydrogens (tertiary/aromatic N) is 1. The maximum Gasteiger partial charge on any atom is 0.242 e. The Kier molecular flexibility index (Phi) is 5.77. The van der Waals surface area contributed by atoms with Gasteiger partial charge in [0.05, 0.1) is 10.5 Å². The van der Waals surface area contributed by atoms with Gasteiger partial charge in [-0.2, -0.15) is 24.4 Å². The average Bonchev–Trinajstić information content (AvgIpc) is 2.74. The average molecular weight is 329 g/mol. The minimum Gasteiger partial charge on any atom is -0.298 e. The third-order valence-electron chi connectivity index (χ3n) is 4.59. The molecular weight excluding hydrogens is 306 g/mol. The van der Waals surface area contributed by atoms with Crippen LogP contribution >= 0.6 is 24.4 Å². The van der Waals surface area contributed by atoms with Crippen LogP contribution in [0.5, 0.6) is 0 Å². The van der Waals surface area contributed by atoms with Gasteiger partial charge in [-0.1, -0.05) is 0 Å². The van der Waals surface area contributed by atoms with Crippen molar-refractivity contribution in [2.45, 2.75) is 49.5 Å². The number of ketones is 1. The number of amides is 2. The van der Waals surface area contributed by atoms with Crippen LogP contribution in [0.4, 0.5) is 0 Å². The maximum atomic E-state index is 12.1. The van der Waals surface area contributed by atoms with Gasteiger partial charge in [0.25, 0.3) is 0 Å². The molecule has 0 N–H and O–H groups in total. The number of carbonyl (C=O) groups excluding carboxylic acids is 3. The molecule has 0 aromatic rings. The molecule has 1 saturated heterocycles. The van der Waals surface area contributed by atoms with Gasteiger partial charge in [0.2, 0.25) is 11.8 Å². The highest BCUT2D eigenvalue weighted by Gasteiger charge is 2.39. The first-order chi connectivity index (χ1) is 9.93. The first-order valence-electron chi connectivity index (χ1n) is 7.52. The van der Waals surface area contributed by atoms with Gasteiger partial charge in [0.15, 0.2) is 0 Å². The molecule has 1 aliphatic carbocycles. The fraction of sp³-hybridized carbons (Fsp3) is 0.800. The van der Waals surface area contributed by atoms with Crippen molar-refractivity contribution < 1.29 is 14.4 Å². The predicted molar refractivity (Wildman–Crippen MR) is 87.5 cm³/mol. The SMILES string of the molecule is CSC1CC(=O)N(CC2CCC(C(=O)C(C)S)CC2)C1=O. The molecule has 0 aromatic carbocycles. The number of likely N-dealkylation sites (tertiary alicyclic amines) is 1. The molecule has 2 unspecified atom stereocenters.